The third-order valence-electron chi connectivity index (χ3n) is 8.99. The van der Waals surface area contributed by atoms with Crippen molar-refractivity contribution in [2.75, 3.05) is 19.6 Å². The number of hydrogen-bond donors (Lipinski definition) is 3. The Bertz CT molecular complexity index is 382. The average Bonchev–Trinajstić information content (AvgIpc) is 2.76. The highest BCUT2D eigenvalue weighted by Gasteiger charge is 2.59. The molecule has 2 aliphatic carbocycles. The van der Waals surface area contributed by atoms with Crippen molar-refractivity contribution in [3.8, 4) is 0 Å². The number of unbranched alkanes of at least 4 members (excludes halogenated alkanes) is 6. The fourth-order valence-corrected chi connectivity index (χ4v) is 7.22. The Hall–Kier alpha value is -0.120. The van der Waals surface area contributed by atoms with E-state index in [2.05, 4.69) is 6.92 Å². The van der Waals surface area contributed by atoms with Crippen LogP contribution in [0.4, 0.5) is 0 Å². The van der Waals surface area contributed by atoms with Gasteiger partial charge in [-0.3, -0.25) is 0 Å². The van der Waals surface area contributed by atoms with Crippen molar-refractivity contribution in [2.45, 2.75) is 122 Å². The van der Waals surface area contributed by atoms with E-state index in [9.17, 15) is 0 Å². The fourth-order valence-electron chi connectivity index (χ4n) is 7.22. The summed E-state index contributed by atoms with van der Waals surface area (Å²) in [5.41, 5.74) is 20.6. The van der Waals surface area contributed by atoms with Crippen LogP contribution in [0.1, 0.15) is 122 Å². The van der Waals surface area contributed by atoms with Crippen LogP contribution in [-0.4, -0.2) is 19.6 Å². The first kappa shape index (κ1) is 24.2. The minimum atomic E-state index is 0.147. The summed E-state index contributed by atoms with van der Waals surface area (Å²) in [5.74, 6) is 0. The van der Waals surface area contributed by atoms with Crippen molar-refractivity contribution >= 4 is 0 Å². The van der Waals surface area contributed by atoms with E-state index in [1.54, 1.807) is 0 Å². The molecule has 0 radical (unpaired) electrons. The average molecular weight is 394 g/mol. The summed E-state index contributed by atoms with van der Waals surface area (Å²) >= 11 is 0. The van der Waals surface area contributed by atoms with Crippen LogP contribution in [0.5, 0.6) is 0 Å². The van der Waals surface area contributed by atoms with E-state index < -0.39 is 0 Å². The summed E-state index contributed by atoms with van der Waals surface area (Å²) in [6.45, 7) is 4.70. The van der Waals surface area contributed by atoms with Gasteiger partial charge in [-0.1, -0.05) is 90.4 Å². The van der Waals surface area contributed by atoms with Crippen LogP contribution in [0.3, 0.4) is 0 Å². The zero-order valence-corrected chi connectivity index (χ0v) is 19.1. The fraction of sp³-hybridized carbons (Fsp3) is 1.00. The summed E-state index contributed by atoms with van der Waals surface area (Å²) in [4.78, 5) is 0. The van der Waals surface area contributed by atoms with Crippen molar-refractivity contribution in [1.82, 2.24) is 0 Å². The summed E-state index contributed by atoms with van der Waals surface area (Å²) in [6.07, 6.45) is 24.0. The van der Waals surface area contributed by atoms with Crippen LogP contribution in [0.25, 0.3) is 0 Å². The van der Waals surface area contributed by atoms with Crippen LogP contribution in [0, 0.1) is 16.2 Å². The largest absolute Gasteiger partial charge is 0.330 e. The maximum Gasteiger partial charge on any atom is -0.000891 e. The summed E-state index contributed by atoms with van der Waals surface area (Å²) < 4.78 is 0. The van der Waals surface area contributed by atoms with Crippen molar-refractivity contribution in [2.24, 2.45) is 33.4 Å². The monoisotopic (exact) mass is 393 g/mol. The lowest BCUT2D eigenvalue weighted by atomic mass is 9.43. The van der Waals surface area contributed by atoms with E-state index in [1.165, 1.54) is 116 Å². The van der Waals surface area contributed by atoms with Crippen molar-refractivity contribution in [1.29, 1.82) is 0 Å². The highest BCUT2D eigenvalue weighted by Crippen LogP contribution is 2.63. The highest BCUT2D eigenvalue weighted by molar-refractivity contribution is 5.11. The molecule has 3 heteroatoms. The molecule has 6 N–H and O–H groups in total. The molecule has 0 aromatic heterocycles. The normalized spacial score (nSPS) is 22.3. The van der Waals surface area contributed by atoms with E-state index >= 15 is 0 Å². The standard InChI is InChI=1S/C25H51N3/c1-2-3-4-5-6-7-14-19-25(22-28,23(20-26)15-10-8-11-16-23)24(21-27)17-12-9-13-18-24/h2-22,26-28H2,1H3. The van der Waals surface area contributed by atoms with Gasteiger partial charge in [0.1, 0.15) is 0 Å². The molecule has 0 atom stereocenters. The number of hydrogen-bond acceptors (Lipinski definition) is 3. The second kappa shape index (κ2) is 11.9. The molecule has 2 saturated carbocycles. The van der Waals surface area contributed by atoms with Gasteiger partial charge in [0.25, 0.3) is 0 Å². The molecule has 166 valence electrons. The molecular weight excluding hydrogens is 342 g/mol. The first-order valence-corrected chi connectivity index (χ1v) is 12.8. The molecule has 0 aromatic carbocycles. The predicted molar refractivity (Wildman–Crippen MR) is 123 cm³/mol. The molecule has 0 heterocycles. The van der Waals surface area contributed by atoms with E-state index in [4.69, 9.17) is 17.2 Å². The minimum absolute atomic E-state index is 0.147. The van der Waals surface area contributed by atoms with Gasteiger partial charge < -0.3 is 17.2 Å². The zero-order valence-electron chi connectivity index (χ0n) is 19.1. The molecule has 0 spiro atoms. The summed E-state index contributed by atoms with van der Waals surface area (Å²) in [5, 5.41) is 0. The second-order valence-electron chi connectivity index (χ2n) is 10.2. The molecule has 0 aliphatic heterocycles. The smallest absolute Gasteiger partial charge is 0.000891 e. The van der Waals surface area contributed by atoms with E-state index in [0.29, 0.717) is 0 Å². The molecule has 2 aliphatic rings. The number of rotatable bonds is 13. The maximum atomic E-state index is 6.76. The highest BCUT2D eigenvalue weighted by atomic mass is 14.8. The van der Waals surface area contributed by atoms with E-state index in [-0.39, 0.29) is 16.2 Å². The minimum Gasteiger partial charge on any atom is -0.330 e. The van der Waals surface area contributed by atoms with Gasteiger partial charge in [-0.2, -0.15) is 0 Å². The maximum absolute atomic E-state index is 6.76. The lowest BCUT2D eigenvalue weighted by Crippen LogP contribution is -2.63. The first-order chi connectivity index (χ1) is 13.7. The molecule has 2 fully saturated rings. The quantitative estimate of drug-likeness (QED) is 0.341. The van der Waals surface area contributed by atoms with Crippen LogP contribution < -0.4 is 17.2 Å². The molecule has 2 rings (SSSR count). The van der Waals surface area contributed by atoms with Crippen molar-refractivity contribution < 1.29 is 0 Å². The third-order valence-corrected chi connectivity index (χ3v) is 8.99. The number of nitrogens with two attached hydrogens (primary N) is 3. The van der Waals surface area contributed by atoms with Gasteiger partial charge in [-0.25, -0.2) is 0 Å². The third kappa shape index (κ3) is 4.95. The van der Waals surface area contributed by atoms with Gasteiger partial charge in [-0.15, -0.1) is 0 Å². The van der Waals surface area contributed by atoms with Crippen LogP contribution in [-0.2, 0) is 0 Å². The van der Waals surface area contributed by atoms with Gasteiger partial charge in [0.05, 0.1) is 0 Å². The van der Waals surface area contributed by atoms with Crippen LogP contribution in [0.15, 0.2) is 0 Å². The molecular formula is C25H51N3. The lowest BCUT2D eigenvalue weighted by Gasteiger charge is -2.63. The Morgan fingerprint density at radius 2 is 1.04 bits per heavy atom. The Kier molecular flexibility index (Phi) is 10.3. The molecule has 0 bridgehead atoms. The molecule has 0 saturated heterocycles. The Morgan fingerprint density at radius 1 is 0.607 bits per heavy atom. The molecule has 28 heavy (non-hydrogen) atoms. The van der Waals surface area contributed by atoms with Gasteiger partial charge in [0.2, 0.25) is 0 Å². The van der Waals surface area contributed by atoms with Crippen LogP contribution in [0.2, 0.25) is 0 Å². The lowest BCUT2D eigenvalue weighted by molar-refractivity contribution is -0.119. The van der Waals surface area contributed by atoms with E-state index in [0.717, 1.165) is 19.6 Å². The first-order valence-electron chi connectivity index (χ1n) is 12.8. The summed E-state index contributed by atoms with van der Waals surface area (Å²) in [6, 6.07) is 0. The Labute approximate surface area is 176 Å². The predicted octanol–water partition coefficient (Wildman–Crippen LogP) is 5.89. The molecule has 3 nitrogen and oxygen atoms in total. The van der Waals surface area contributed by atoms with E-state index in [1.807, 2.05) is 0 Å². The van der Waals surface area contributed by atoms with Gasteiger partial charge in [0, 0.05) is 0 Å². The Morgan fingerprint density at radius 3 is 1.43 bits per heavy atom. The topological polar surface area (TPSA) is 78.1 Å². The second-order valence-corrected chi connectivity index (χ2v) is 10.2. The zero-order chi connectivity index (χ0) is 20.3. The molecule has 0 unspecified atom stereocenters. The van der Waals surface area contributed by atoms with Crippen molar-refractivity contribution in [3.05, 3.63) is 0 Å². The summed E-state index contributed by atoms with van der Waals surface area (Å²) in [7, 11) is 0. The Balaban J connectivity index is 2.20. The van der Waals surface area contributed by atoms with Gasteiger partial charge in [0.15, 0.2) is 0 Å². The van der Waals surface area contributed by atoms with Crippen molar-refractivity contribution in [3.63, 3.8) is 0 Å². The molecule has 0 aromatic rings. The SMILES string of the molecule is CCCCCCCCCC(CN)(C1(CN)CCCCC1)C1(CN)CCCCC1. The van der Waals surface area contributed by atoms with Gasteiger partial charge >= 0.3 is 0 Å². The van der Waals surface area contributed by atoms with Gasteiger partial charge in [-0.05, 0) is 68.0 Å². The molecule has 0 amide bonds. The van der Waals surface area contributed by atoms with Crippen LogP contribution >= 0.6 is 0 Å².